The van der Waals surface area contributed by atoms with Gasteiger partial charge in [0.05, 0.1) is 12.6 Å². The van der Waals surface area contributed by atoms with Crippen LogP contribution in [0.2, 0.25) is 0 Å². The third kappa shape index (κ3) is 0.876. The zero-order valence-corrected chi connectivity index (χ0v) is 7.06. The highest BCUT2D eigenvalue weighted by Crippen LogP contribution is 2.30. The van der Waals surface area contributed by atoms with E-state index in [9.17, 15) is 9.59 Å². The highest BCUT2D eigenvalue weighted by Gasteiger charge is 2.47. The number of amides is 1. The van der Waals surface area contributed by atoms with Gasteiger partial charge >= 0.3 is 0 Å². The van der Waals surface area contributed by atoms with Crippen molar-refractivity contribution in [3.05, 3.63) is 0 Å². The molecule has 0 aromatic heterocycles. The van der Waals surface area contributed by atoms with E-state index < -0.39 is 0 Å². The normalized spacial score (nSPS) is 34.8. The number of piperazine rings is 1. The Kier molecular flexibility index (Phi) is 1.65. The number of hydrogen-bond donors (Lipinski definition) is 0. The molecule has 3 fully saturated rings. The number of aldehydes is 1. The third-order valence-electron chi connectivity index (χ3n) is 2.89. The van der Waals surface area contributed by atoms with Crippen molar-refractivity contribution < 1.29 is 9.59 Å². The summed E-state index contributed by atoms with van der Waals surface area (Å²) in [6.45, 7) is 0.990. The molecule has 0 N–H and O–H groups in total. The number of likely N-dealkylation sites (N-methyl/N-ethyl adjacent to an activating group) is 1. The molecule has 2 unspecified atom stereocenters. The zero-order valence-electron chi connectivity index (χ0n) is 7.06. The van der Waals surface area contributed by atoms with Crippen molar-refractivity contribution >= 4 is 12.2 Å². The van der Waals surface area contributed by atoms with E-state index in [1.54, 1.807) is 4.90 Å². The number of rotatable bonds is 2. The zero-order chi connectivity index (χ0) is 8.72. The molecular weight excluding hydrogens is 156 g/mol. The van der Waals surface area contributed by atoms with E-state index in [1.807, 2.05) is 7.05 Å². The van der Waals surface area contributed by atoms with Gasteiger partial charge < -0.3 is 9.69 Å². The number of fused-ring (bicyclic) bond motifs is 2. The summed E-state index contributed by atoms with van der Waals surface area (Å²) in [5, 5.41) is 0. The van der Waals surface area contributed by atoms with Crippen LogP contribution in [-0.2, 0) is 9.59 Å². The molecule has 3 rings (SSSR count). The van der Waals surface area contributed by atoms with Crippen LogP contribution in [0.5, 0.6) is 0 Å². The lowest BCUT2D eigenvalue weighted by molar-refractivity contribution is -0.157. The molecule has 0 aromatic carbocycles. The predicted octanol–water partition coefficient (Wildman–Crippen LogP) is -0.900. The Balaban J connectivity index is 2.05. The molecule has 2 bridgehead atoms. The van der Waals surface area contributed by atoms with Crippen LogP contribution in [0, 0.1) is 0 Å². The van der Waals surface area contributed by atoms with Gasteiger partial charge in [-0.15, -0.1) is 0 Å². The Bertz CT molecular complexity index is 229. The van der Waals surface area contributed by atoms with E-state index in [-0.39, 0.29) is 18.5 Å². The molecule has 2 atom stereocenters. The molecule has 3 saturated heterocycles. The second-order valence-corrected chi connectivity index (χ2v) is 3.48. The van der Waals surface area contributed by atoms with E-state index >= 15 is 0 Å². The Morgan fingerprint density at radius 1 is 1.67 bits per heavy atom. The molecule has 12 heavy (non-hydrogen) atoms. The Labute approximate surface area is 71.1 Å². The van der Waals surface area contributed by atoms with Crippen LogP contribution in [0.25, 0.3) is 0 Å². The summed E-state index contributed by atoms with van der Waals surface area (Å²) in [5.41, 5.74) is 0. The van der Waals surface area contributed by atoms with Gasteiger partial charge in [-0.25, -0.2) is 0 Å². The number of carbonyl (C=O) groups is 2. The maximum atomic E-state index is 11.5. The minimum absolute atomic E-state index is 0.0590. The molecule has 0 aliphatic carbocycles. The lowest BCUT2D eigenvalue weighted by atomic mass is 9.88. The smallest absolute Gasteiger partial charge is 0.240 e. The van der Waals surface area contributed by atoms with Crippen LogP contribution < -0.4 is 0 Å². The highest BCUT2D eigenvalue weighted by atomic mass is 16.2. The lowest BCUT2D eigenvalue weighted by Gasteiger charge is -2.53. The van der Waals surface area contributed by atoms with Crippen molar-refractivity contribution in [1.29, 1.82) is 0 Å². The standard InChI is InChI=1S/C8H12N2O2/c1-9-6-4-7(9)8(12)10(5-6)2-3-11/h3,6-7H,2,4-5H2,1H3. The van der Waals surface area contributed by atoms with Gasteiger partial charge in [0.15, 0.2) is 0 Å². The number of hydrogen-bond acceptors (Lipinski definition) is 3. The molecule has 0 spiro atoms. The van der Waals surface area contributed by atoms with Crippen molar-refractivity contribution in [3.8, 4) is 0 Å². The number of carbonyl (C=O) groups excluding carboxylic acids is 2. The molecule has 66 valence electrons. The fourth-order valence-corrected chi connectivity index (χ4v) is 1.99. The molecule has 4 nitrogen and oxygen atoms in total. The summed E-state index contributed by atoms with van der Waals surface area (Å²) < 4.78 is 0. The molecule has 1 amide bonds. The summed E-state index contributed by atoms with van der Waals surface area (Å²) in [6, 6.07) is 0.552. The van der Waals surface area contributed by atoms with Gasteiger partial charge in [0.25, 0.3) is 0 Å². The minimum Gasteiger partial charge on any atom is -0.333 e. The Morgan fingerprint density at radius 3 is 2.92 bits per heavy atom. The molecule has 0 radical (unpaired) electrons. The van der Waals surface area contributed by atoms with Crippen molar-refractivity contribution in [3.63, 3.8) is 0 Å². The molecule has 0 aromatic rings. The average Bonchev–Trinajstić information content (AvgIpc) is 2.07. The molecule has 3 aliphatic rings. The third-order valence-corrected chi connectivity index (χ3v) is 2.89. The van der Waals surface area contributed by atoms with E-state index in [4.69, 9.17) is 0 Å². The SMILES string of the molecule is CN1C2CC1C(=O)N(CC=O)C2. The van der Waals surface area contributed by atoms with Crippen molar-refractivity contribution in [2.24, 2.45) is 0 Å². The van der Waals surface area contributed by atoms with Crippen LogP contribution in [0.4, 0.5) is 0 Å². The molecule has 4 heteroatoms. The van der Waals surface area contributed by atoms with E-state index in [1.165, 1.54) is 0 Å². The predicted molar refractivity (Wildman–Crippen MR) is 42.6 cm³/mol. The Morgan fingerprint density at radius 2 is 2.42 bits per heavy atom. The first-order chi connectivity index (χ1) is 5.74. The van der Waals surface area contributed by atoms with Crippen LogP contribution >= 0.6 is 0 Å². The topological polar surface area (TPSA) is 40.6 Å². The second kappa shape index (κ2) is 2.55. The van der Waals surface area contributed by atoms with Crippen LogP contribution in [0.1, 0.15) is 6.42 Å². The summed E-state index contributed by atoms with van der Waals surface area (Å²) in [7, 11) is 1.97. The molecule has 3 heterocycles. The quantitative estimate of drug-likeness (QED) is 0.502. The van der Waals surface area contributed by atoms with Gasteiger partial charge in [-0.1, -0.05) is 0 Å². The van der Waals surface area contributed by atoms with Crippen molar-refractivity contribution in [2.75, 3.05) is 20.1 Å². The highest BCUT2D eigenvalue weighted by molar-refractivity contribution is 5.86. The van der Waals surface area contributed by atoms with Crippen LogP contribution in [0.15, 0.2) is 0 Å². The van der Waals surface area contributed by atoms with Gasteiger partial charge in [0, 0.05) is 12.6 Å². The summed E-state index contributed by atoms with van der Waals surface area (Å²) in [4.78, 5) is 25.4. The average molecular weight is 168 g/mol. The molecule has 0 saturated carbocycles. The maximum absolute atomic E-state index is 11.5. The van der Waals surface area contributed by atoms with Crippen LogP contribution in [-0.4, -0.2) is 54.2 Å². The van der Waals surface area contributed by atoms with Gasteiger partial charge in [-0.2, -0.15) is 0 Å². The maximum Gasteiger partial charge on any atom is 0.240 e. The fourth-order valence-electron chi connectivity index (χ4n) is 1.99. The van der Waals surface area contributed by atoms with E-state index in [0.29, 0.717) is 6.04 Å². The second-order valence-electron chi connectivity index (χ2n) is 3.48. The molecule has 3 aliphatic heterocycles. The summed E-state index contributed by atoms with van der Waals surface area (Å²) in [5.74, 6) is 0.118. The van der Waals surface area contributed by atoms with Gasteiger partial charge in [-0.05, 0) is 13.5 Å². The first kappa shape index (κ1) is 7.73. The van der Waals surface area contributed by atoms with Gasteiger partial charge in [0.1, 0.15) is 6.29 Å². The van der Waals surface area contributed by atoms with Gasteiger partial charge in [-0.3, -0.25) is 9.69 Å². The van der Waals surface area contributed by atoms with Crippen molar-refractivity contribution in [1.82, 2.24) is 9.80 Å². The minimum atomic E-state index is 0.0590. The Hall–Kier alpha value is -0.900. The van der Waals surface area contributed by atoms with E-state index in [0.717, 1.165) is 19.3 Å². The largest absolute Gasteiger partial charge is 0.333 e. The first-order valence-electron chi connectivity index (χ1n) is 4.18. The fraction of sp³-hybridized carbons (Fsp3) is 0.750. The number of piperidine rings is 1. The first-order valence-corrected chi connectivity index (χ1v) is 4.18. The van der Waals surface area contributed by atoms with Crippen molar-refractivity contribution in [2.45, 2.75) is 18.5 Å². The van der Waals surface area contributed by atoms with E-state index in [2.05, 4.69) is 4.90 Å². The molecular formula is C8H12N2O2. The summed E-state index contributed by atoms with van der Waals surface area (Å²) >= 11 is 0. The van der Waals surface area contributed by atoms with Crippen LogP contribution in [0.3, 0.4) is 0 Å². The number of nitrogens with zero attached hydrogens (tertiary/aromatic N) is 2. The summed E-state index contributed by atoms with van der Waals surface area (Å²) in [6.07, 6.45) is 1.77. The monoisotopic (exact) mass is 168 g/mol. The lowest BCUT2D eigenvalue weighted by Crippen LogP contribution is -2.70. The van der Waals surface area contributed by atoms with Gasteiger partial charge in [0.2, 0.25) is 5.91 Å².